The van der Waals surface area contributed by atoms with Gasteiger partial charge in [-0.05, 0) is 30.9 Å². The summed E-state index contributed by atoms with van der Waals surface area (Å²) in [6, 6.07) is 5.35. The van der Waals surface area contributed by atoms with Gasteiger partial charge in [-0.15, -0.1) is 0 Å². The highest BCUT2D eigenvalue weighted by Gasteiger charge is 2.30. The Bertz CT molecular complexity index is 551. The van der Waals surface area contributed by atoms with Crippen LogP contribution < -0.4 is 0 Å². The summed E-state index contributed by atoms with van der Waals surface area (Å²) in [5.74, 6) is -0.136. The molecule has 1 aromatic heterocycles. The lowest BCUT2D eigenvalue weighted by molar-refractivity contribution is 0.423. The zero-order valence-electron chi connectivity index (χ0n) is 9.73. The SMILES string of the molecule is CC1(C)CCCc2c1[nH]c1c(F)cccc21. The number of H-pyrrole nitrogens is 1. The lowest BCUT2D eigenvalue weighted by Gasteiger charge is -2.29. The van der Waals surface area contributed by atoms with Crippen LogP contribution >= 0.6 is 0 Å². The van der Waals surface area contributed by atoms with Crippen LogP contribution in [0.1, 0.15) is 37.9 Å². The van der Waals surface area contributed by atoms with Crippen LogP contribution in [0.15, 0.2) is 18.2 Å². The molecule has 2 heteroatoms. The molecule has 0 atom stereocenters. The Morgan fingerprint density at radius 3 is 2.94 bits per heavy atom. The van der Waals surface area contributed by atoms with Gasteiger partial charge < -0.3 is 4.98 Å². The van der Waals surface area contributed by atoms with E-state index in [2.05, 4.69) is 18.8 Å². The van der Waals surface area contributed by atoms with E-state index >= 15 is 0 Å². The van der Waals surface area contributed by atoms with Gasteiger partial charge in [-0.2, -0.15) is 0 Å². The van der Waals surface area contributed by atoms with Gasteiger partial charge in [-0.1, -0.05) is 26.0 Å². The fraction of sp³-hybridized carbons (Fsp3) is 0.429. The van der Waals surface area contributed by atoms with E-state index in [0.717, 1.165) is 11.8 Å². The molecule has 0 saturated heterocycles. The van der Waals surface area contributed by atoms with Gasteiger partial charge in [0.05, 0.1) is 5.52 Å². The Balaban J connectivity index is 2.37. The van der Waals surface area contributed by atoms with Gasteiger partial charge in [0.25, 0.3) is 0 Å². The van der Waals surface area contributed by atoms with Crippen LogP contribution in [0.25, 0.3) is 10.9 Å². The summed E-state index contributed by atoms with van der Waals surface area (Å²) in [6.45, 7) is 4.47. The molecule has 0 amide bonds. The van der Waals surface area contributed by atoms with Crippen LogP contribution in [-0.2, 0) is 11.8 Å². The standard InChI is InChI=1S/C14H16FN/c1-14(2)8-4-6-10-9-5-3-7-11(15)12(9)16-13(10)14/h3,5,7,16H,4,6,8H2,1-2H3. The van der Waals surface area contributed by atoms with Gasteiger partial charge >= 0.3 is 0 Å². The third kappa shape index (κ3) is 1.22. The average Bonchev–Trinajstić information content (AvgIpc) is 2.60. The number of para-hydroxylation sites is 1. The quantitative estimate of drug-likeness (QED) is 0.688. The normalized spacial score (nSPS) is 18.7. The topological polar surface area (TPSA) is 15.8 Å². The number of hydrogen-bond acceptors (Lipinski definition) is 0. The van der Waals surface area contributed by atoms with Crippen LogP contribution in [0.5, 0.6) is 0 Å². The number of halogens is 1. The third-order valence-electron chi connectivity index (χ3n) is 3.80. The van der Waals surface area contributed by atoms with E-state index in [0.29, 0.717) is 5.52 Å². The second kappa shape index (κ2) is 3.09. The van der Waals surface area contributed by atoms with Crippen molar-refractivity contribution < 1.29 is 4.39 Å². The van der Waals surface area contributed by atoms with Crippen molar-refractivity contribution in [1.82, 2.24) is 4.98 Å². The molecule has 0 spiro atoms. The molecule has 1 aromatic carbocycles. The third-order valence-corrected chi connectivity index (χ3v) is 3.80. The van der Waals surface area contributed by atoms with E-state index in [1.165, 1.54) is 30.2 Å². The Hall–Kier alpha value is -1.31. The first-order chi connectivity index (χ1) is 7.59. The molecule has 0 saturated carbocycles. The fourth-order valence-corrected chi connectivity index (χ4v) is 2.91. The van der Waals surface area contributed by atoms with Crippen molar-refractivity contribution in [3.05, 3.63) is 35.3 Å². The van der Waals surface area contributed by atoms with E-state index in [4.69, 9.17) is 0 Å². The van der Waals surface area contributed by atoms with Crippen LogP contribution in [-0.4, -0.2) is 4.98 Å². The smallest absolute Gasteiger partial charge is 0.147 e. The number of aryl methyl sites for hydroxylation is 1. The minimum Gasteiger partial charge on any atom is -0.355 e. The Morgan fingerprint density at radius 2 is 2.12 bits per heavy atom. The van der Waals surface area contributed by atoms with Crippen molar-refractivity contribution in [2.45, 2.75) is 38.5 Å². The predicted molar refractivity (Wildman–Crippen MR) is 64.2 cm³/mol. The number of nitrogens with one attached hydrogen (secondary N) is 1. The molecule has 1 N–H and O–H groups in total. The van der Waals surface area contributed by atoms with Gasteiger partial charge in [-0.3, -0.25) is 0 Å². The van der Waals surface area contributed by atoms with E-state index in [-0.39, 0.29) is 11.2 Å². The lowest BCUT2D eigenvalue weighted by Crippen LogP contribution is -2.23. The van der Waals surface area contributed by atoms with Gasteiger partial charge in [0, 0.05) is 16.5 Å². The van der Waals surface area contributed by atoms with Gasteiger partial charge in [0.1, 0.15) is 5.82 Å². The predicted octanol–water partition coefficient (Wildman–Crippen LogP) is 3.92. The summed E-state index contributed by atoms with van der Waals surface area (Å²) in [5.41, 5.74) is 3.39. The Kier molecular flexibility index (Phi) is 1.91. The molecular weight excluding hydrogens is 201 g/mol. The van der Waals surface area contributed by atoms with E-state index in [1.54, 1.807) is 6.07 Å². The largest absolute Gasteiger partial charge is 0.355 e. The second-order valence-corrected chi connectivity index (χ2v) is 5.38. The highest BCUT2D eigenvalue weighted by molar-refractivity contribution is 5.85. The van der Waals surface area contributed by atoms with Gasteiger partial charge in [0.15, 0.2) is 0 Å². The summed E-state index contributed by atoms with van der Waals surface area (Å²) >= 11 is 0. The summed E-state index contributed by atoms with van der Waals surface area (Å²) < 4.78 is 13.7. The van der Waals surface area contributed by atoms with E-state index in [9.17, 15) is 4.39 Å². The number of rotatable bonds is 0. The number of benzene rings is 1. The first kappa shape index (κ1) is 9.88. The average molecular weight is 217 g/mol. The van der Waals surface area contributed by atoms with Crippen LogP contribution in [0.3, 0.4) is 0 Å². The summed E-state index contributed by atoms with van der Waals surface area (Å²) in [7, 11) is 0. The summed E-state index contributed by atoms with van der Waals surface area (Å²) in [4.78, 5) is 3.30. The van der Waals surface area contributed by atoms with Crippen molar-refractivity contribution >= 4 is 10.9 Å². The number of aromatic nitrogens is 1. The van der Waals surface area contributed by atoms with Crippen LogP contribution in [0, 0.1) is 5.82 Å². The molecule has 0 fully saturated rings. The zero-order valence-corrected chi connectivity index (χ0v) is 9.73. The van der Waals surface area contributed by atoms with Crippen molar-refractivity contribution in [2.75, 3.05) is 0 Å². The first-order valence-electron chi connectivity index (χ1n) is 5.89. The Morgan fingerprint density at radius 1 is 1.31 bits per heavy atom. The molecule has 0 radical (unpaired) electrons. The highest BCUT2D eigenvalue weighted by atomic mass is 19.1. The molecule has 1 aliphatic rings. The molecule has 16 heavy (non-hydrogen) atoms. The van der Waals surface area contributed by atoms with Gasteiger partial charge in [-0.25, -0.2) is 4.39 Å². The monoisotopic (exact) mass is 217 g/mol. The van der Waals surface area contributed by atoms with E-state index < -0.39 is 0 Å². The molecule has 1 nitrogen and oxygen atoms in total. The summed E-state index contributed by atoms with van der Waals surface area (Å²) in [5, 5.41) is 1.07. The summed E-state index contributed by atoms with van der Waals surface area (Å²) in [6.07, 6.45) is 3.44. The second-order valence-electron chi connectivity index (χ2n) is 5.38. The van der Waals surface area contributed by atoms with E-state index in [1.807, 2.05) is 6.07 Å². The molecular formula is C14H16FN. The molecule has 1 aliphatic carbocycles. The molecule has 1 heterocycles. The molecule has 0 bridgehead atoms. The van der Waals surface area contributed by atoms with Crippen molar-refractivity contribution in [3.63, 3.8) is 0 Å². The number of fused-ring (bicyclic) bond motifs is 3. The van der Waals surface area contributed by atoms with Crippen molar-refractivity contribution in [3.8, 4) is 0 Å². The fourth-order valence-electron chi connectivity index (χ4n) is 2.91. The maximum atomic E-state index is 13.7. The maximum Gasteiger partial charge on any atom is 0.147 e. The highest BCUT2D eigenvalue weighted by Crippen LogP contribution is 2.40. The molecule has 0 unspecified atom stereocenters. The number of hydrogen-bond donors (Lipinski definition) is 1. The van der Waals surface area contributed by atoms with Crippen LogP contribution in [0.4, 0.5) is 4.39 Å². The maximum absolute atomic E-state index is 13.7. The minimum atomic E-state index is -0.136. The minimum absolute atomic E-state index is 0.136. The zero-order chi connectivity index (χ0) is 11.3. The van der Waals surface area contributed by atoms with Gasteiger partial charge in [0.2, 0.25) is 0 Å². The molecule has 3 rings (SSSR count). The molecule has 84 valence electrons. The van der Waals surface area contributed by atoms with Crippen LogP contribution in [0.2, 0.25) is 0 Å². The number of aromatic amines is 1. The first-order valence-corrected chi connectivity index (χ1v) is 5.89. The van der Waals surface area contributed by atoms with Crippen molar-refractivity contribution in [2.24, 2.45) is 0 Å². The Labute approximate surface area is 94.7 Å². The lowest BCUT2D eigenvalue weighted by atomic mass is 9.76. The molecule has 0 aliphatic heterocycles. The molecule has 2 aromatic rings. The van der Waals surface area contributed by atoms with Crippen molar-refractivity contribution in [1.29, 1.82) is 0 Å².